The molecule has 0 radical (unpaired) electrons. The van der Waals surface area contributed by atoms with E-state index in [-0.39, 0.29) is 5.54 Å². The molecule has 1 heterocycles. The topological polar surface area (TPSA) is 43.8 Å². The fourth-order valence-corrected chi connectivity index (χ4v) is 4.07. The summed E-state index contributed by atoms with van der Waals surface area (Å²) in [6.07, 6.45) is 10.4. The predicted molar refractivity (Wildman–Crippen MR) is 84.1 cm³/mol. The Balaban J connectivity index is 1.56. The molecule has 1 atom stereocenters. The highest BCUT2D eigenvalue weighted by atomic mass is 15.3. The number of rotatable bonds is 3. The first-order chi connectivity index (χ1) is 10.2. The molecule has 3 nitrogen and oxygen atoms in total. The zero-order chi connectivity index (χ0) is 14.3. The molecule has 1 saturated carbocycles. The minimum absolute atomic E-state index is 0.231. The van der Waals surface area contributed by atoms with Gasteiger partial charge < -0.3 is 5.73 Å². The van der Waals surface area contributed by atoms with Gasteiger partial charge >= 0.3 is 0 Å². The van der Waals surface area contributed by atoms with Crippen LogP contribution in [0.2, 0.25) is 0 Å². The molecule has 1 unspecified atom stereocenters. The summed E-state index contributed by atoms with van der Waals surface area (Å²) >= 11 is 0. The highest BCUT2D eigenvalue weighted by Crippen LogP contribution is 2.37. The van der Waals surface area contributed by atoms with E-state index in [9.17, 15) is 0 Å². The zero-order valence-corrected chi connectivity index (χ0v) is 12.5. The summed E-state index contributed by atoms with van der Waals surface area (Å²) in [7, 11) is 0. The van der Waals surface area contributed by atoms with Gasteiger partial charge in [0.15, 0.2) is 0 Å². The molecule has 21 heavy (non-hydrogen) atoms. The molecule has 4 rings (SSSR count). The van der Waals surface area contributed by atoms with E-state index in [1.165, 1.54) is 36.8 Å². The molecule has 1 aromatic heterocycles. The van der Waals surface area contributed by atoms with Gasteiger partial charge in [-0.1, -0.05) is 37.1 Å². The van der Waals surface area contributed by atoms with Crippen molar-refractivity contribution in [3.8, 4) is 0 Å². The Bertz CT molecular complexity index is 639. The fraction of sp³-hybridized carbons (Fsp3) is 0.500. The first-order valence-corrected chi connectivity index (χ1v) is 8.16. The maximum absolute atomic E-state index is 6.72. The van der Waals surface area contributed by atoms with Gasteiger partial charge in [0.1, 0.15) is 0 Å². The smallest absolute Gasteiger partial charge is 0.0646 e. The van der Waals surface area contributed by atoms with Crippen LogP contribution in [0.5, 0.6) is 0 Å². The highest BCUT2D eigenvalue weighted by Gasteiger charge is 2.35. The maximum atomic E-state index is 6.72. The molecule has 0 spiro atoms. The van der Waals surface area contributed by atoms with Gasteiger partial charge in [-0.15, -0.1) is 0 Å². The van der Waals surface area contributed by atoms with Crippen LogP contribution in [0.3, 0.4) is 0 Å². The number of benzene rings is 1. The second kappa shape index (κ2) is 4.99. The lowest BCUT2D eigenvalue weighted by atomic mass is 9.88. The lowest BCUT2D eigenvalue weighted by Gasteiger charge is -2.24. The number of nitrogens with zero attached hydrogens (tertiary/aromatic N) is 2. The molecule has 2 N–H and O–H groups in total. The van der Waals surface area contributed by atoms with Crippen molar-refractivity contribution in [2.75, 3.05) is 0 Å². The maximum Gasteiger partial charge on any atom is 0.0646 e. The van der Waals surface area contributed by atoms with Crippen molar-refractivity contribution in [1.82, 2.24) is 9.78 Å². The van der Waals surface area contributed by atoms with Crippen LogP contribution < -0.4 is 5.73 Å². The molecule has 2 aliphatic carbocycles. The molecule has 0 saturated heterocycles. The van der Waals surface area contributed by atoms with Crippen LogP contribution in [0.25, 0.3) is 0 Å². The van der Waals surface area contributed by atoms with Gasteiger partial charge in [0, 0.05) is 18.2 Å². The van der Waals surface area contributed by atoms with Crippen LogP contribution in [0.4, 0.5) is 0 Å². The highest BCUT2D eigenvalue weighted by molar-refractivity contribution is 5.39. The molecule has 0 amide bonds. The van der Waals surface area contributed by atoms with E-state index in [0.717, 1.165) is 25.0 Å². The van der Waals surface area contributed by atoms with Crippen LogP contribution in [0.1, 0.15) is 55.0 Å². The van der Waals surface area contributed by atoms with Crippen molar-refractivity contribution >= 4 is 0 Å². The molecule has 2 aliphatic rings. The summed E-state index contributed by atoms with van der Waals surface area (Å²) in [5.74, 6) is 0. The molecule has 1 aromatic carbocycles. The summed E-state index contributed by atoms with van der Waals surface area (Å²) in [6, 6.07) is 11.4. The average Bonchev–Trinajstić information content (AvgIpc) is 3.20. The number of hydrogen-bond donors (Lipinski definition) is 1. The van der Waals surface area contributed by atoms with E-state index in [4.69, 9.17) is 10.8 Å². The van der Waals surface area contributed by atoms with Gasteiger partial charge in [-0.05, 0) is 42.9 Å². The number of nitrogens with two attached hydrogens (primary N) is 1. The summed E-state index contributed by atoms with van der Waals surface area (Å²) in [5.41, 5.74) is 10.4. The standard InChI is InChI=1S/C18H23N3/c19-18(11-9-14-5-1-4-8-17(14)18)13-15-10-12-21(20-15)16-6-2-3-7-16/h1,4-5,8,10,12,16H,2-3,6-7,9,11,13,19H2. The minimum Gasteiger partial charge on any atom is -0.321 e. The molecule has 1 fully saturated rings. The molecular weight excluding hydrogens is 258 g/mol. The van der Waals surface area contributed by atoms with Crippen molar-refractivity contribution in [3.63, 3.8) is 0 Å². The van der Waals surface area contributed by atoms with Gasteiger partial charge in [-0.25, -0.2) is 0 Å². The summed E-state index contributed by atoms with van der Waals surface area (Å²) in [4.78, 5) is 0. The molecular formula is C18H23N3. The summed E-state index contributed by atoms with van der Waals surface area (Å²) < 4.78 is 2.17. The molecule has 110 valence electrons. The van der Waals surface area contributed by atoms with E-state index >= 15 is 0 Å². The summed E-state index contributed by atoms with van der Waals surface area (Å²) in [6.45, 7) is 0. The van der Waals surface area contributed by atoms with E-state index in [0.29, 0.717) is 6.04 Å². The Kier molecular flexibility index (Phi) is 3.11. The number of aromatic nitrogens is 2. The Morgan fingerprint density at radius 1 is 1.19 bits per heavy atom. The van der Waals surface area contributed by atoms with Crippen molar-refractivity contribution in [2.24, 2.45) is 5.73 Å². The number of aryl methyl sites for hydroxylation is 1. The van der Waals surface area contributed by atoms with Crippen molar-refractivity contribution < 1.29 is 0 Å². The van der Waals surface area contributed by atoms with Gasteiger partial charge in [0.2, 0.25) is 0 Å². The second-order valence-corrected chi connectivity index (χ2v) is 6.72. The largest absolute Gasteiger partial charge is 0.321 e. The van der Waals surface area contributed by atoms with E-state index < -0.39 is 0 Å². The van der Waals surface area contributed by atoms with Crippen LogP contribution in [-0.4, -0.2) is 9.78 Å². The van der Waals surface area contributed by atoms with Crippen molar-refractivity contribution in [3.05, 3.63) is 53.3 Å². The van der Waals surface area contributed by atoms with Gasteiger partial charge in [-0.2, -0.15) is 5.10 Å². The molecule has 3 heteroatoms. The Morgan fingerprint density at radius 2 is 2.00 bits per heavy atom. The van der Waals surface area contributed by atoms with Crippen LogP contribution in [0, 0.1) is 0 Å². The summed E-state index contributed by atoms with van der Waals surface area (Å²) in [5, 5.41) is 4.81. The lowest BCUT2D eigenvalue weighted by Crippen LogP contribution is -2.36. The molecule has 2 aromatic rings. The quantitative estimate of drug-likeness (QED) is 0.937. The number of fused-ring (bicyclic) bond motifs is 1. The normalized spacial score (nSPS) is 25.4. The predicted octanol–water partition coefficient (Wildman–Crippen LogP) is 3.34. The SMILES string of the molecule is NC1(Cc2ccn(C3CCCC3)n2)CCc2ccccc21. The minimum atomic E-state index is -0.231. The zero-order valence-electron chi connectivity index (χ0n) is 12.5. The third kappa shape index (κ3) is 2.30. The van der Waals surface area contributed by atoms with E-state index in [1.807, 2.05) is 0 Å². The Labute approximate surface area is 126 Å². The van der Waals surface area contributed by atoms with Gasteiger partial charge in [-0.3, -0.25) is 4.68 Å². The fourth-order valence-electron chi connectivity index (χ4n) is 4.07. The molecule has 0 aliphatic heterocycles. The Morgan fingerprint density at radius 3 is 2.86 bits per heavy atom. The number of hydrogen-bond acceptors (Lipinski definition) is 2. The van der Waals surface area contributed by atoms with Crippen LogP contribution >= 0.6 is 0 Å². The third-order valence-electron chi connectivity index (χ3n) is 5.25. The van der Waals surface area contributed by atoms with Gasteiger partial charge in [0.25, 0.3) is 0 Å². The van der Waals surface area contributed by atoms with E-state index in [2.05, 4.69) is 41.2 Å². The Hall–Kier alpha value is -1.61. The van der Waals surface area contributed by atoms with Crippen LogP contribution in [-0.2, 0) is 18.4 Å². The lowest BCUT2D eigenvalue weighted by molar-refractivity contribution is 0.420. The van der Waals surface area contributed by atoms with Crippen molar-refractivity contribution in [1.29, 1.82) is 0 Å². The average molecular weight is 281 g/mol. The van der Waals surface area contributed by atoms with Crippen molar-refractivity contribution in [2.45, 2.75) is 56.5 Å². The molecule has 0 bridgehead atoms. The second-order valence-electron chi connectivity index (χ2n) is 6.72. The van der Waals surface area contributed by atoms with Gasteiger partial charge in [0.05, 0.1) is 11.7 Å². The first-order valence-electron chi connectivity index (χ1n) is 8.16. The first kappa shape index (κ1) is 13.1. The third-order valence-corrected chi connectivity index (χ3v) is 5.25. The monoisotopic (exact) mass is 281 g/mol. The van der Waals surface area contributed by atoms with Crippen LogP contribution in [0.15, 0.2) is 36.5 Å². The van der Waals surface area contributed by atoms with E-state index in [1.54, 1.807) is 0 Å².